The predicted molar refractivity (Wildman–Crippen MR) is 137 cm³/mol. The highest BCUT2D eigenvalue weighted by molar-refractivity contribution is 6.01. The van der Waals surface area contributed by atoms with Gasteiger partial charge in [0.15, 0.2) is 0 Å². The number of esters is 1. The van der Waals surface area contributed by atoms with Crippen molar-refractivity contribution in [1.29, 1.82) is 0 Å². The zero-order valence-electron chi connectivity index (χ0n) is 22.5. The lowest BCUT2D eigenvalue weighted by molar-refractivity contribution is -0.163. The van der Waals surface area contributed by atoms with Gasteiger partial charge in [0.25, 0.3) is 0 Å². The minimum absolute atomic E-state index is 0.0460. The van der Waals surface area contributed by atoms with E-state index in [4.69, 9.17) is 4.74 Å². The first-order valence-corrected chi connectivity index (χ1v) is 13.9. The Morgan fingerprint density at radius 2 is 1.97 bits per heavy atom. The molecule has 1 saturated heterocycles. The number of aliphatic hydroxyl groups is 1. The molecule has 0 aromatic carbocycles. The van der Waals surface area contributed by atoms with Crippen LogP contribution < -0.4 is 0 Å². The lowest BCUT2D eigenvalue weighted by atomic mass is 9.49. The second kappa shape index (κ2) is 9.53. The molecular formula is C29H42N2O6. The van der Waals surface area contributed by atoms with Gasteiger partial charge in [-0.2, -0.15) is 0 Å². The highest BCUT2D eigenvalue weighted by Gasteiger charge is 2.59. The molecule has 0 aromatic heterocycles. The SMILES string of the molecule is CN1CCN(C(=O)CC(C(=O)O)(C2=CCOC2=O)C2CCC3(C)C(CCC4=CCCC43)C2)C(C)(CO)C1. The lowest BCUT2D eigenvalue weighted by Gasteiger charge is -2.55. The summed E-state index contributed by atoms with van der Waals surface area (Å²) >= 11 is 0. The van der Waals surface area contributed by atoms with Gasteiger partial charge in [-0.05, 0) is 88.2 Å². The first kappa shape index (κ1) is 26.4. The summed E-state index contributed by atoms with van der Waals surface area (Å²) in [5.41, 5.74) is -0.574. The minimum Gasteiger partial charge on any atom is -0.481 e. The number of likely N-dealkylation sites (N-methyl/N-ethyl adjacent to an activating group) is 1. The molecule has 8 nitrogen and oxygen atoms in total. The lowest BCUT2D eigenvalue weighted by Crippen LogP contribution is -2.64. The zero-order chi connectivity index (χ0) is 26.6. The number of carboxylic acid groups (broad SMARTS) is 1. The number of fused-ring (bicyclic) bond motifs is 3. The smallest absolute Gasteiger partial charge is 0.335 e. The summed E-state index contributed by atoms with van der Waals surface area (Å²) in [5, 5.41) is 21.1. The van der Waals surface area contributed by atoms with Crippen LogP contribution in [0.4, 0.5) is 0 Å². The van der Waals surface area contributed by atoms with Crippen LogP contribution in [0.3, 0.4) is 0 Å². The molecule has 2 N–H and O–H groups in total. The fraction of sp³-hybridized carbons (Fsp3) is 0.759. The van der Waals surface area contributed by atoms with Gasteiger partial charge >= 0.3 is 11.9 Å². The van der Waals surface area contributed by atoms with E-state index in [1.165, 1.54) is 6.42 Å². The molecule has 5 rings (SSSR count). The molecule has 204 valence electrons. The molecule has 2 heterocycles. The van der Waals surface area contributed by atoms with E-state index in [1.807, 2.05) is 14.0 Å². The Morgan fingerprint density at radius 1 is 1.19 bits per heavy atom. The fourth-order valence-corrected chi connectivity index (χ4v) is 8.64. The Labute approximate surface area is 219 Å². The monoisotopic (exact) mass is 514 g/mol. The van der Waals surface area contributed by atoms with E-state index >= 15 is 0 Å². The molecule has 0 bridgehead atoms. The number of carbonyl (C=O) groups is 3. The molecule has 0 radical (unpaired) electrons. The maximum atomic E-state index is 13.9. The largest absolute Gasteiger partial charge is 0.481 e. The molecule has 3 aliphatic carbocycles. The quantitative estimate of drug-likeness (QED) is 0.414. The van der Waals surface area contributed by atoms with Gasteiger partial charge < -0.3 is 24.7 Å². The van der Waals surface area contributed by atoms with Gasteiger partial charge in [0.1, 0.15) is 12.0 Å². The molecule has 1 amide bonds. The first-order valence-electron chi connectivity index (χ1n) is 13.9. The molecular weight excluding hydrogens is 472 g/mol. The summed E-state index contributed by atoms with van der Waals surface area (Å²) in [6, 6.07) is 0. The predicted octanol–water partition coefficient (Wildman–Crippen LogP) is 3.01. The maximum absolute atomic E-state index is 13.9. The van der Waals surface area contributed by atoms with Crippen LogP contribution in [0.5, 0.6) is 0 Å². The molecule has 6 unspecified atom stereocenters. The molecule has 8 heteroatoms. The van der Waals surface area contributed by atoms with Crippen molar-refractivity contribution in [3.05, 3.63) is 23.3 Å². The van der Waals surface area contributed by atoms with Crippen LogP contribution in [0.1, 0.15) is 65.2 Å². The van der Waals surface area contributed by atoms with E-state index in [-0.39, 0.29) is 42.4 Å². The minimum atomic E-state index is -1.63. The topological polar surface area (TPSA) is 107 Å². The number of aliphatic carboxylic acids is 1. The molecule has 6 atom stereocenters. The zero-order valence-corrected chi connectivity index (χ0v) is 22.5. The number of hydrogen-bond acceptors (Lipinski definition) is 6. The van der Waals surface area contributed by atoms with Crippen LogP contribution in [0.2, 0.25) is 0 Å². The number of piperazine rings is 1. The fourth-order valence-electron chi connectivity index (χ4n) is 8.64. The highest BCUT2D eigenvalue weighted by Crippen LogP contribution is 2.62. The van der Waals surface area contributed by atoms with Gasteiger partial charge in [-0.3, -0.25) is 9.59 Å². The summed E-state index contributed by atoms with van der Waals surface area (Å²) in [6.45, 7) is 5.61. The number of nitrogens with zero attached hydrogens (tertiary/aromatic N) is 2. The Bertz CT molecular complexity index is 1040. The Morgan fingerprint density at radius 3 is 2.65 bits per heavy atom. The van der Waals surface area contributed by atoms with Crippen molar-refractivity contribution in [1.82, 2.24) is 9.80 Å². The van der Waals surface area contributed by atoms with Gasteiger partial charge in [0.05, 0.1) is 17.7 Å². The highest BCUT2D eigenvalue weighted by atomic mass is 16.5. The van der Waals surface area contributed by atoms with E-state index in [2.05, 4.69) is 17.9 Å². The summed E-state index contributed by atoms with van der Waals surface area (Å²) in [7, 11) is 1.95. The van der Waals surface area contributed by atoms with Crippen LogP contribution in [0, 0.1) is 28.6 Å². The van der Waals surface area contributed by atoms with Gasteiger partial charge in [-0.1, -0.05) is 18.6 Å². The van der Waals surface area contributed by atoms with Crippen molar-refractivity contribution in [2.24, 2.45) is 28.6 Å². The molecule has 37 heavy (non-hydrogen) atoms. The average Bonchev–Trinajstić information content (AvgIpc) is 3.52. The third kappa shape index (κ3) is 4.15. The number of cyclic esters (lactones) is 1. The van der Waals surface area contributed by atoms with Crippen LogP contribution in [0.15, 0.2) is 23.3 Å². The van der Waals surface area contributed by atoms with Crippen molar-refractivity contribution in [2.75, 3.05) is 39.9 Å². The van der Waals surface area contributed by atoms with Crippen LogP contribution in [-0.2, 0) is 19.1 Å². The van der Waals surface area contributed by atoms with E-state index in [0.717, 1.165) is 25.7 Å². The normalized spacial score (nSPS) is 37.7. The van der Waals surface area contributed by atoms with E-state index in [9.17, 15) is 24.6 Å². The summed E-state index contributed by atoms with van der Waals surface area (Å²) in [4.78, 5) is 43.9. The number of amides is 1. The number of carbonyl (C=O) groups excluding carboxylic acids is 2. The van der Waals surface area contributed by atoms with Crippen molar-refractivity contribution in [3.63, 3.8) is 0 Å². The molecule has 3 fully saturated rings. The number of allylic oxidation sites excluding steroid dienone is 2. The van der Waals surface area contributed by atoms with Gasteiger partial charge in [-0.15, -0.1) is 0 Å². The molecule has 0 spiro atoms. The summed E-state index contributed by atoms with van der Waals surface area (Å²) in [6.07, 6.45) is 10.4. The molecule has 0 aromatic rings. The first-order chi connectivity index (χ1) is 17.5. The van der Waals surface area contributed by atoms with Crippen LogP contribution >= 0.6 is 0 Å². The van der Waals surface area contributed by atoms with Gasteiger partial charge in [0, 0.05) is 26.1 Å². The van der Waals surface area contributed by atoms with Crippen molar-refractivity contribution in [3.8, 4) is 0 Å². The number of hydrogen-bond donors (Lipinski definition) is 2. The second-order valence-corrected chi connectivity index (χ2v) is 12.7. The standard InChI is InChI=1S/C29H42N2O6/c1-27(18-32)17-30(3)12-13-31(27)24(33)16-29(26(35)36,23-10-14-37-25(23)34)21-9-11-28(2)20(15-21)8-7-19-5-4-6-22(19)28/h5,10,20-22,32H,4,6-9,11-18H2,1-3H3,(H,35,36). The van der Waals surface area contributed by atoms with Crippen molar-refractivity contribution >= 4 is 17.8 Å². The van der Waals surface area contributed by atoms with E-state index in [1.54, 1.807) is 16.5 Å². The van der Waals surface area contributed by atoms with Gasteiger partial charge in [-0.25, -0.2) is 4.79 Å². The van der Waals surface area contributed by atoms with Crippen LogP contribution in [-0.4, -0.2) is 83.3 Å². The van der Waals surface area contributed by atoms with Crippen molar-refractivity contribution < 1.29 is 29.3 Å². The molecule has 5 aliphatic rings. The Hall–Kier alpha value is -2.19. The summed E-state index contributed by atoms with van der Waals surface area (Å²) in [5.74, 6) is -1.44. The third-order valence-electron chi connectivity index (χ3n) is 10.7. The number of carboxylic acids is 1. The third-order valence-corrected chi connectivity index (χ3v) is 10.7. The average molecular weight is 515 g/mol. The van der Waals surface area contributed by atoms with Crippen LogP contribution in [0.25, 0.3) is 0 Å². The van der Waals surface area contributed by atoms with E-state index in [0.29, 0.717) is 44.3 Å². The van der Waals surface area contributed by atoms with E-state index < -0.39 is 22.9 Å². The maximum Gasteiger partial charge on any atom is 0.335 e. The molecule has 2 saturated carbocycles. The Balaban J connectivity index is 1.48. The number of aliphatic hydroxyl groups excluding tert-OH is 1. The number of rotatable bonds is 6. The van der Waals surface area contributed by atoms with Gasteiger partial charge in [0.2, 0.25) is 5.91 Å². The molecule has 2 aliphatic heterocycles. The van der Waals surface area contributed by atoms with Crippen molar-refractivity contribution in [2.45, 2.75) is 70.8 Å². The second-order valence-electron chi connectivity index (χ2n) is 12.7. The Kier molecular flexibility index (Phi) is 6.80. The summed E-state index contributed by atoms with van der Waals surface area (Å²) < 4.78 is 5.23. The number of ether oxygens (including phenoxy) is 1.